The number of nitrogen functional groups attached to an aromatic ring is 1. The second-order valence-corrected chi connectivity index (χ2v) is 4.44. The SMILES string of the molecule is Nc1nc(F)nc2c1ncn2[C@]1(CO)C[C@@H](O)CO1. The summed E-state index contributed by atoms with van der Waals surface area (Å²) < 4.78 is 20.1. The van der Waals surface area contributed by atoms with E-state index in [0.29, 0.717) is 0 Å². The standard InChI is InChI=1S/C10H12FN5O3/c11-9-14-7(12)6-8(15-9)16(4-13-6)10(3-17)1-5(18)2-19-10/h4-5,17-18H,1-3H2,(H2,12,14,15)/t5-,10-/m1/s1. The van der Waals surface area contributed by atoms with Gasteiger partial charge in [0.2, 0.25) is 0 Å². The number of fused-ring (bicyclic) bond motifs is 1. The van der Waals surface area contributed by atoms with E-state index >= 15 is 0 Å². The third kappa shape index (κ3) is 1.74. The average Bonchev–Trinajstić information content (AvgIpc) is 2.93. The number of aromatic nitrogens is 4. The van der Waals surface area contributed by atoms with Crippen molar-refractivity contribution in [2.45, 2.75) is 18.2 Å². The number of anilines is 1. The second-order valence-electron chi connectivity index (χ2n) is 4.44. The van der Waals surface area contributed by atoms with Crippen LogP contribution in [0.2, 0.25) is 0 Å². The first-order valence-electron chi connectivity index (χ1n) is 5.65. The molecule has 1 aliphatic rings. The molecule has 0 aliphatic carbocycles. The number of aliphatic hydroxyl groups excluding tert-OH is 2. The lowest BCUT2D eigenvalue weighted by molar-refractivity contribution is -0.0969. The number of halogens is 1. The van der Waals surface area contributed by atoms with Gasteiger partial charge in [0.05, 0.1) is 25.6 Å². The largest absolute Gasteiger partial charge is 0.391 e. The van der Waals surface area contributed by atoms with Crippen LogP contribution in [0.4, 0.5) is 10.2 Å². The zero-order valence-corrected chi connectivity index (χ0v) is 9.82. The first kappa shape index (κ1) is 12.2. The lowest BCUT2D eigenvalue weighted by Crippen LogP contribution is -2.37. The van der Waals surface area contributed by atoms with Gasteiger partial charge in [0.25, 0.3) is 0 Å². The van der Waals surface area contributed by atoms with E-state index in [1.807, 2.05) is 0 Å². The maximum atomic E-state index is 13.3. The highest BCUT2D eigenvalue weighted by molar-refractivity contribution is 5.81. The zero-order valence-electron chi connectivity index (χ0n) is 9.82. The second kappa shape index (κ2) is 4.08. The van der Waals surface area contributed by atoms with Gasteiger partial charge in [-0.1, -0.05) is 0 Å². The van der Waals surface area contributed by atoms with Crippen LogP contribution in [0.3, 0.4) is 0 Å². The number of aliphatic hydroxyl groups is 2. The van der Waals surface area contributed by atoms with Crippen molar-refractivity contribution >= 4 is 17.0 Å². The molecule has 0 saturated carbocycles. The molecule has 102 valence electrons. The molecule has 0 spiro atoms. The maximum Gasteiger partial charge on any atom is 0.312 e. The lowest BCUT2D eigenvalue weighted by atomic mass is 10.1. The van der Waals surface area contributed by atoms with Crippen LogP contribution in [0.15, 0.2) is 6.33 Å². The molecule has 0 radical (unpaired) electrons. The van der Waals surface area contributed by atoms with Crippen molar-refractivity contribution in [2.24, 2.45) is 0 Å². The molecule has 9 heteroatoms. The van der Waals surface area contributed by atoms with Crippen LogP contribution < -0.4 is 5.73 Å². The third-order valence-corrected chi connectivity index (χ3v) is 3.18. The van der Waals surface area contributed by atoms with Gasteiger partial charge in [-0.2, -0.15) is 14.4 Å². The minimum Gasteiger partial charge on any atom is -0.391 e. The van der Waals surface area contributed by atoms with Gasteiger partial charge < -0.3 is 20.7 Å². The van der Waals surface area contributed by atoms with Crippen LogP contribution in [0, 0.1) is 6.08 Å². The fourth-order valence-electron chi connectivity index (χ4n) is 2.28. The molecule has 4 N–H and O–H groups in total. The van der Waals surface area contributed by atoms with E-state index in [0.717, 1.165) is 0 Å². The highest BCUT2D eigenvalue weighted by Gasteiger charge is 2.42. The Balaban J connectivity index is 2.20. The Hall–Kier alpha value is -1.84. The summed E-state index contributed by atoms with van der Waals surface area (Å²) in [7, 11) is 0. The van der Waals surface area contributed by atoms with E-state index in [1.165, 1.54) is 10.9 Å². The number of rotatable bonds is 2. The van der Waals surface area contributed by atoms with E-state index < -0.39 is 24.5 Å². The molecular weight excluding hydrogens is 257 g/mol. The predicted molar refractivity (Wildman–Crippen MR) is 61.3 cm³/mol. The molecule has 0 aromatic carbocycles. The molecule has 1 aliphatic heterocycles. The summed E-state index contributed by atoms with van der Waals surface area (Å²) in [4.78, 5) is 11.0. The summed E-state index contributed by atoms with van der Waals surface area (Å²) in [5.74, 6) is -0.0899. The van der Waals surface area contributed by atoms with Crippen LogP contribution in [-0.4, -0.2) is 49.0 Å². The molecule has 1 saturated heterocycles. The van der Waals surface area contributed by atoms with Gasteiger partial charge in [0.1, 0.15) is 0 Å². The number of nitrogens with two attached hydrogens (primary N) is 1. The smallest absolute Gasteiger partial charge is 0.312 e. The van der Waals surface area contributed by atoms with Crippen LogP contribution in [-0.2, 0) is 10.5 Å². The van der Waals surface area contributed by atoms with Crippen molar-refractivity contribution in [2.75, 3.05) is 18.9 Å². The molecule has 3 heterocycles. The molecule has 19 heavy (non-hydrogen) atoms. The molecule has 2 aromatic heterocycles. The molecule has 2 aromatic rings. The number of nitrogens with zero attached hydrogens (tertiary/aromatic N) is 4. The highest BCUT2D eigenvalue weighted by Crippen LogP contribution is 2.33. The van der Waals surface area contributed by atoms with Crippen molar-refractivity contribution in [3.63, 3.8) is 0 Å². The van der Waals surface area contributed by atoms with Crippen LogP contribution in [0.5, 0.6) is 0 Å². The Morgan fingerprint density at radius 2 is 2.37 bits per heavy atom. The minimum atomic E-state index is -1.21. The Labute approximate surface area is 106 Å². The average molecular weight is 269 g/mol. The third-order valence-electron chi connectivity index (χ3n) is 3.18. The first-order valence-corrected chi connectivity index (χ1v) is 5.65. The summed E-state index contributed by atoms with van der Waals surface area (Å²) >= 11 is 0. The molecule has 0 unspecified atom stereocenters. The molecule has 0 bridgehead atoms. The van der Waals surface area contributed by atoms with Gasteiger partial charge in [-0.05, 0) is 0 Å². The van der Waals surface area contributed by atoms with Crippen molar-refractivity contribution in [1.82, 2.24) is 19.5 Å². The van der Waals surface area contributed by atoms with Gasteiger partial charge in [0, 0.05) is 6.42 Å². The maximum absolute atomic E-state index is 13.3. The van der Waals surface area contributed by atoms with Crippen LogP contribution in [0.25, 0.3) is 11.2 Å². The Bertz CT molecular complexity index is 633. The van der Waals surface area contributed by atoms with Crippen molar-refractivity contribution in [3.8, 4) is 0 Å². The fourth-order valence-corrected chi connectivity index (χ4v) is 2.28. The van der Waals surface area contributed by atoms with E-state index in [2.05, 4.69) is 15.0 Å². The summed E-state index contributed by atoms with van der Waals surface area (Å²) in [6, 6.07) is 0. The van der Waals surface area contributed by atoms with Gasteiger partial charge in [-0.25, -0.2) is 4.98 Å². The van der Waals surface area contributed by atoms with Crippen molar-refractivity contribution < 1.29 is 19.3 Å². The van der Waals surface area contributed by atoms with E-state index in [1.54, 1.807) is 0 Å². The Morgan fingerprint density at radius 1 is 1.58 bits per heavy atom. The van der Waals surface area contributed by atoms with Gasteiger partial charge in [-0.15, -0.1) is 0 Å². The molecular formula is C10H12FN5O3. The van der Waals surface area contributed by atoms with Gasteiger partial charge in [-0.3, -0.25) is 4.57 Å². The summed E-state index contributed by atoms with van der Waals surface area (Å²) in [5, 5.41) is 19.1. The molecule has 2 atom stereocenters. The summed E-state index contributed by atoms with van der Waals surface area (Å²) in [6.45, 7) is -0.329. The van der Waals surface area contributed by atoms with E-state index in [-0.39, 0.29) is 30.0 Å². The van der Waals surface area contributed by atoms with Gasteiger partial charge >= 0.3 is 6.08 Å². The lowest BCUT2D eigenvalue weighted by Gasteiger charge is -2.27. The Kier molecular flexibility index (Phi) is 2.62. The van der Waals surface area contributed by atoms with Gasteiger partial charge in [0.15, 0.2) is 22.7 Å². The van der Waals surface area contributed by atoms with Crippen molar-refractivity contribution in [1.29, 1.82) is 0 Å². The number of ether oxygens (including phenoxy) is 1. The van der Waals surface area contributed by atoms with E-state index in [4.69, 9.17) is 10.5 Å². The molecule has 8 nitrogen and oxygen atoms in total. The van der Waals surface area contributed by atoms with Crippen molar-refractivity contribution in [3.05, 3.63) is 12.4 Å². The van der Waals surface area contributed by atoms with E-state index in [9.17, 15) is 14.6 Å². The monoisotopic (exact) mass is 269 g/mol. The quantitative estimate of drug-likeness (QED) is 0.596. The number of imidazole rings is 1. The minimum absolute atomic E-state index is 0.0727. The Morgan fingerprint density at radius 3 is 3.00 bits per heavy atom. The highest BCUT2D eigenvalue weighted by atomic mass is 19.1. The molecule has 0 amide bonds. The number of hydrogen-bond acceptors (Lipinski definition) is 7. The first-order chi connectivity index (χ1) is 9.05. The summed E-state index contributed by atoms with van der Waals surface area (Å²) in [6.07, 6.45) is -0.212. The number of hydrogen-bond donors (Lipinski definition) is 3. The topological polar surface area (TPSA) is 119 Å². The molecule has 1 fully saturated rings. The predicted octanol–water partition coefficient (Wildman–Crippen LogP) is -1.03. The normalized spacial score (nSPS) is 27.2. The summed E-state index contributed by atoms with van der Waals surface area (Å²) in [5.41, 5.74) is 4.69. The molecule has 3 rings (SSSR count). The fraction of sp³-hybridized carbons (Fsp3) is 0.500. The van der Waals surface area contributed by atoms with Crippen LogP contribution in [0.1, 0.15) is 6.42 Å². The zero-order chi connectivity index (χ0) is 13.6. The van der Waals surface area contributed by atoms with Crippen LogP contribution >= 0.6 is 0 Å².